The van der Waals surface area contributed by atoms with E-state index in [1.807, 2.05) is 0 Å². The second kappa shape index (κ2) is 7.55. The fourth-order valence-electron chi connectivity index (χ4n) is 2.01. The van der Waals surface area contributed by atoms with Crippen molar-refractivity contribution in [2.75, 3.05) is 6.54 Å². The minimum atomic E-state index is -0.373. The highest BCUT2D eigenvalue weighted by atomic mass is 79.9. The minimum absolute atomic E-state index is 0.142. The topological polar surface area (TPSA) is 12.0 Å². The van der Waals surface area contributed by atoms with Crippen molar-refractivity contribution >= 4 is 38.9 Å². The third-order valence-electron chi connectivity index (χ3n) is 3.07. The SMILES string of the molecule is CCCNC(Cc1sccc1Br)c1ccc(F)c(Cl)c1. The Morgan fingerprint density at radius 3 is 2.80 bits per heavy atom. The van der Waals surface area contributed by atoms with Gasteiger partial charge in [0.25, 0.3) is 0 Å². The summed E-state index contributed by atoms with van der Waals surface area (Å²) in [7, 11) is 0. The molecule has 0 aliphatic carbocycles. The molecule has 0 saturated carbocycles. The van der Waals surface area contributed by atoms with E-state index in [-0.39, 0.29) is 16.9 Å². The molecule has 5 heteroatoms. The van der Waals surface area contributed by atoms with E-state index in [2.05, 4.69) is 39.6 Å². The average molecular weight is 377 g/mol. The molecule has 0 aliphatic heterocycles. The Morgan fingerprint density at radius 1 is 1.40 bits per heavy atom. The van der Waals surface area contributed by atoms with Crippen molar-refractivity contribution in [2.24, 2.45) is 0 Å². The quantitative estimate of drug-likeness (QED) is 0.693. The molecular weight excluding hydrogens is 361 g/mol. The fraction of sp³-hybridized carbons (Fsp3) is 0.333. The van der Waals surface area contributed by atoms with Crippen LogP contribution in [-0.4, -0.2) is 6.54 Å². The highest BCUT2D eigenvalue weighted by Gasteiger charge is 2.15. The maximum atomic E-state index is 13.3. The number of halogens is 3. The number of thiophene rings is 1. The van der Waals surface area contributed by atoms with Crippen molar-refractivity contribution in [3.05, 3.63) is 55.4 Å². The second-order valence-electron chi connectivity index (χ2n) is 4.58. The molecule has 0 radical (unpaired) electrons. The van der Waals surface area contributed by atoms with E-state index in [4.69, 9.17) is 11.6 Å². The first-order chi connectivity index (χ1) is 9.61. The van der Waals surface area contributed by atoms with E-state index in [9.17, 15) is 4.39 Å². The molecule has 1 atom stereocenters. The average Bonchev–Trinajstić information content (AvgIpc) is 2.83. The largest absolute Gasteiger partial charge is 0.310 e. The third kappa shape index (κ3) is 4.04. The van der Waals surface area contributed by atoms with Gasteiger partial charge < -0.3 is 5.32 Å². The summed E-state index contributed by atoms with van der Waals surface area (Å²) < 4.78 is 14.4. The van der Waals surface area contributed by atoms with E-state index in [0.29, 0.717) is 0 Å². The van der Waals surface area contributed by atoms with Crippen molar-refractivity contribution < 1.29 is 4.39 Å². The van der Waals surface area contributed by atoms with Crippen LogP contribution in [0.15, 0.2) is 34.1 Å². The van der Waals surface area contributed by atoms with Gasteiger partial charge in [-0.2, -0.15) is 0 Å². The van der Waals surface area contributed by atoms with Gasteiger partial charge in [0, 0.05) is 21.8 Å². The molecular formula is C15H16BrClFNS. The zero-order chi connectivity index (χ0) is 14.5. The minimum Gasteiger partial charge on any atom is -0.310 e. The van der Waals surface area contributed by atoms with Gasteiger partial charge in [-0.3, -0.25) is 0 Å². The standard InChI is InChI=1S/C15H16BrClFNS/c1-2-6-19-14(9-15-11(16)5-7-20-15)10-3-4-13(18)12(17)8-10/h3-5,7-8,14,19H,2,6,9H2,1H3. The van der Waals surface area contributed by atoms with Crippen LogP contribution in [0.4, 0.5) is 4.39 Å². The Morgan fingerprint density at radius 2 is 2.20 bits per heavy atom. The van der Waals surface area contributed by atoms with Gasteiger partial charge in [0.1, 0.15) is 5.82 Å². The summed E-state index contributed by atoms with van der Waals surface area (Å²) >= 11 is 11.2. The molecule has 108 valence electrons. The highest BCUT2D eigenvalue weighted by Crippen LogP contribution is 2.29. The van der Waals surface area contributed by atoms with Crippen LogP contribution in [0, 0.1) is 5.82 Å². The predicted molar refractivity (Wildman–Crippen MR) is 88.2 cm³/mol. The number of benzene rings is 1. The van der Waals surface area contributed by atoms with E-state index in [1.165, 1.54) is 10.9 Å². The van der Waals surface area contributed by atoms with Gasteiger partial charge in [0.2, 0.25) is 0 Å². The summed E-state index contributed by atoms with van der Waals surface area (Å²) in [4.78, 5) is 1.28. The molecule has 20 heavy (non-hydrogen) atoms. The van der Waals surface area contributed by atoms with Gasteiger partial charge in [-0.05, 0) is 58.0 Å². The molecule has 0 spiro atoms. The lowest BCUT2D eigenvalue weighted by atomic mass is 10.0. The number of nitrogens with one attached hydrogen (secondary N) is 1. The summed E-state index contributed by atoms with van der Waals surface area (Å²) in [6, 6.07) is 7.14. The van der Waals surface area contributed by atoms with E-state index < -0.39 is 0 Å². The number of hydrogen-bond acceptors (Lipinski definition) is 2. The first-order valence-electron chi connectivity index (χ1n) is 6.52. The van der Waals surface area contributed by atoms with Crippen LogP contribution in [0.3, 0.4) is 0 Å². The van der Waals surface area contributed by atoms with Gasteiger partial charge >= 0.3 is 0 Å². The molecule has 0 amide bonds. The Bertz CT molecular complexity index is 573. The van der Waals surface area contributed by atoms with Crippen LogP contribution in [0.2, 0.25) is 5.02 Å². The summed E-state index contributed by atoms with van der Waals surface area (Å²) in [6.07, 6.45) is 1.91. The van der Waals surface area contributed by atoms with Crippen LogP contribution in [0.5, 0.6) is 0 Å². The van der Waals surface area contributed by atoms with Crippen LogP contribution >= 0.6 is 38.9 Å². The lowest BCUT2D eigenvalue weighted by Gasteiger charge is -2.19. The van der Waals surface area contributed by atoms with Crippen molar-refractivity contribution in [3.8, 4) is 0 Å². The third-order valence-corrected chi connectivity index (χ3v) is 5.31. The van der Waals surface area contributed by atoms with Crippen molar-refractivity contribution in [3.63, 3.8) is 0 Å². The van der Waals surface area contributed by atoms with Gasteiger partial charge in [-0.25, -0.2) is 4.39 Å². The highest BCUT2D eigenvalue weighted by molar-refractivity contribution is 9.10. The zero-order valence-corrected chi connectivity index (χ0v) is 14.3. The van der Waals surface area contributed by atoms with E-state index in [0.717, 1.165) is 29.4 Å². The normalized spacial score (nSPS) is 12.6. The molecule has 0 aliphatic rings. The molecule has 1 unspecified atom stereocenters. The number of rotatable bonds is 6. The summed E-state index contributed by atoms with van der Waals surface area (Å²) in [5, 5.41) is 5.74. The summed E-state index contributed by atoms with van der Waals surface area (Å²) in [6.45, 7) is 3.05. The van der Waals surface area contributed by atoms with Crippen molar-refractivity contribution in [2.45, 2.75) is 25.8 Å². The summed E-state index contributed by atoms with van der Waals surface area (Å²) in [5.41, 5.74) is 1.02. The summed E-state index contributed by atoms with van der Waals surface area (Å²) in [5.74, 6) is -0.373. The molecule has 1 heterocycles. The lowest BCUT2D eigenvalue weighted by Crippen LogP contribution is -2.24. The molecule has 1 aromatic heterocycles. The Kier molecular flexibility index (Phi) is 6.02. The smallest absolute Gasteiger partial charge is 0.141 e. The van der Waals surface area contributed by atoms with Crippen LogP contribution < -0.4 is 5.32 Å². The van der Waals surface area contributed by atoms with Crippen molar-refractivity contribution in [1.82, 2.24) is 5.32 Å². The van der Waals surface area contributed by atoms with E-state index >= 15 is 0 Å². The van der Waals surface area contributed by atoms with Gasteiger partial charge in [-0.15, -0.1) is 11.3 Å². The van der Waals surface area contributed by atoms with E-state index in [1.54, 1.807) is 23.5 Å². The van der Waals surface area contributed by atoms with Crippen LogP contribution in [0.1, 0.15) is 29.8 Å². The van der Waals surface area contributed by atoms with Crippen molar-refractivity contribution in [1.29, 1.82) is 0 Å². The second-order valence-corrected chi connectivity index (χ2v) is 6.84. The molecule has 1 aromatic carbocycles. The molecule has 1 nitrogen and oxygen atoms in total. The first-order valence-corrected chi connectivity index (χ1v) is 8.57. The monoisotopic (exact) mass is 375 g/mol. The Hall–Kier alpha value is -0.420. The Labute approximate surface area is 136 Å². The molecule has 1 N–H and O–H groups in total. The molecule has 2 aromatic rings. The molecule has 0 saturated heterocycles. The molecule has 2 rings (SSSR count). The van der Waals surface area contributed by atoms with Gasteiger partial charge in [0.15, 0.2) is 0 Å². The number of hydrogen-bond donors (Lipinski definition) is 1. The first kappa shape index (κ1) is 16.0. The predicted octanol–water partition coefficient (Wildman–Crippen LogP) is 5.59. The Balaban J connectivity index is 2.22. The van der Waals surface area contributed by atoms with Gasteiger partial charge in [-0.1, -0.05) is 24.6 Å². The lowest BCUT2D eigenvalue weighted by molar-refractivity contribution is 0.530. The molecule has 0 bridgehead atoms. The van der Waals surface area contributed by atoms with Crippen LogP contribution in [-0.2, 0) is 6.42 Å². The van der Waals surface area contributed by atoms with Gasteiger partial charge in [0.05, 0.1) is 5.02 Å². The molecule has 0 fully saturated rings. The fourth-order valence-corrected chi connectivity index (χ4v) is 3.76. The maximum Gasteiger partial charge on any atom is 0.141 e. The van der Waals surface area contributed by atoms with Crippen LogP contribution in [0.25, 0.3) is 0 Å². The zero-order valence-electron chi connectivity index (χ0n) is 11.1. The maximum absolute atomic E-state index is 13.3.